The first kappa shape index (κ1) is 59.4. The van der Waals surface area contributed by atoms with Crippen LogP contribution in [0.25, 0.3) is 0 Å². The summed E-state index contributed by atoms with van der Waals surface area (Å²) in [4.78, 5) is 42.9. The molecular weight excluding hydrogens is 921 g/mol. The molecule has 4 rings (SSSR count). The molecule has 4 aliphatic rings. The van der Waals surface area contributed by atoms with Crippen LogP contribution >= 0.6 is 0 Å². The number of rotatable bonds is 25. The van der Waals surface area contributed by atoms with Crippen molar-refractivity contribution in [1.82, 2.24) is 10.2 Å². The number of likely N-dealkylation sites (tertiary alicyclic amines) is 1. The van der Waals surface area contributed by atoms with Gasteiger partial charge in [-0.05, 0) is 113 Å². The smallest absolute Gasteiger partial charge is 0.410 e. The van der Waals surface area contributed by atoms with Crippen molar-refractivity contribution in [2.75, 3.05) is 13.1 Å². The number of hydrogen-bond donors (Lipinski definition) is 1. The molecule has 2 unspecified atom stereocenters. The standard InChI is InChI=1S/C54H98N2O10Si3/c1-17-46(65-68(21-5,22-6)23-7)41(13)51-47(61-51)36-53(15,66-69(24-8,25-9)26-10)32-27-28-39(11)50-40(12)29-30-48(60-42(14)57)54(16,63-52(59)56-38-43-34-44(56)37-55-43)33-31-45(35-49(58)62-50)64-67(18-2,19-3)20-4/h27-30,32,40-41,43-48,50-51,55H,17-26,31,33-38H2,1-16H3/b30-29-,32-27+,39-28+/t40-,41+,43?,44?,45+,46-,47+,48-,50+,51+,53-,54+/m0/s1. The quantitative estimate of drug-likeness (QED) is 0.0234. The molecule has 69 heavy (non-hydrogen) atoms. The van der Waals surface area contributed by atoms with E-state index in [1.54, 1.807) is 0 Å². The molecule has 1 amide bonds. The summed E-state index contributed by atoms with van der Waals surface area (Å²) in [6.45, 7) is 35.5. The van der Waals surface area contributed by atoms with Crippen LogP contribution < -0.4 is 5.32 Å². The summed E-state index contributed by atoms with van der Waals surface area (Å²) in [6, 6.07) is 9.53. The van der Waals surface area contributed by atoms with Gasteiger partial charge in [-0.1, -0.05) is 107 Å². The van der Waals surface area contributed by atoms with Gasteiger partial charge in [-0.25, -0.2) is 4.79 Å². The maximum Gasteiger partial charge on any atom is 0.410 e. The maximum atomic E-state index is 14.3. The van der Waals surface area contributed by atoms with E-state index in [-0.39, 0.29) is 54.6 Å². The van der Waals surface area contributed by atoms with Crippen LogP contribution in [0, 0.1) is 11.8 Å². The molecule has 3 saturated heterocycles. The van der Waals surface area contributed by atoms with Gasteiger partial charge in [-0.3, -0.25) is 9.59 Å². The zero-order valence-electron chi connectivity index (χ0n) is 46.2. The average Bonchev–Trinajstić information content (AvgIpc) is 3.73. The molecule has 0 aliphatic carbocycles. The minimum atomic E-state index is -2.20. The molecule has 15 heteroatoms. The normalized spacial score (nSPS) is 30.5. The van der Waals surface area contributed by atoms with E-state index in [1.165, 1.54) is 6.92 Å². The lowest BCUT2D eigenvalue weighted by Gasteiger charge is -2.40. The third-order valence-electron chi connectivity index (χ3n) is 17.2. The third kappa shape index (κ3) is 15.5. The van der Waals surface area contributed by atoms with Crippen molar-refractivity contribution in [3.63, 3.8) is 0 Å². The largest absolute Gasteiger partial charge is 0.457 e. The predicted molar refractivity (Wildman–Crippen MR) is 286 cm³/mol. The zero-order chi connectivity index (χ0) is 51.4. The number of esters is 2. The highest BCUT2D eigenvalue weighted by molar-refractivity contribution is 6.74. The Hall–Kier alpha value is -2.12. The second-order valence-electron chi connectivity index (χ2n) is 21.7. The summed E-state index contributed by atoms with van der Waals surface area (Å²) in [5.41, 5.74) is -0.963. The number of amides is 1. The fraction of sp³-hybridized carbons (Fsp3) is 0.833. The van der Waals surface area contributed by atoms with Gasteiger partial charge in [0.25, 0.3) is 0 Å². The van der Waals surface area contributed by atoms with Crippen LogP contribution in [0.2, 0.25) is 54.4 Å². The summed E-state index contributed by atoms with van der Waals surface area (Å²) in [7, 11) is -6.06. The number of cyclic esters (lactones) is 1. The summed E-state index contributed by atoms with van der Waals surface area (Å²) >= 11 is 0. The van der Waals surface area contributed by atoms with Crippen molar-refractivity contribution in [1.29, 1.82) is 0 Å². The van der Waals surface area contributed by atoms with Crippen molar-refractivity contribution in [2.24, 2.45) is 11.8 Å². The van der Waals surface area contributed by atoms with Gasteiger partial charge in [0.05, 0.1) is 30.3 Å². The number of nitrogens with one attached hydrogen (secondary N) is 1. The van der Waals surface area contributed by atoms with Crippen LogP contribution in [-0.2, 0) is 41.8 Å². The lowest BCUT2D eigenvalue weighted by molar-refractivity contribution is -0.158. The second-order valence-corrected chi connectivity index (χ2v) is 35.8. The van der Waals surface area contributed by atoms with E-state index in [2.05, 4.69) is 101 Å². The Morgan fingerprint density at radius 1 is 0.928 bits per heavy atom. The minimum absolute atomic E-state index is 0.0572. The minimum Gasteiger partial charge on any atom is -0.457 e. The fourth-order valence-corrected chi connectivity index (χ4v) is 20.6. The van der Waals surface area contributed by atoms with Crippen molar-refractivity contribution in [2.45, 2.75) is 264 Å². The third-order valence-corrected chi connectivity index (χ3v) is 31.4. The van der Waals surface area contributed by atoms with Crippen LogP contribution in [0.4, 0.5) is 4.79 Å². The Morgan fingerprint density at radius 2 is 1.54 bits per heavy atom. The summed E-state index contributed by atoms with van der Waals surface area (Å²) in [5.74, 6) is -0.863. The highest BCUT2D eigenvalue weighted by atomic mass is 28.4. The second kappa shape index (κ2) is 26.2. The van der Waals surface area contributed by atoms with Crippen molar-refractivity contribution >= 4 is 43.0 Å². The number of piperazine rings is 1. The van der Waals surface area contributed by atoms with Gasteiger partial charge < -0.3 is 42.4 Å². The van der Waals surface area contributed by atoms with E-state index in [0.29, 0.717) is 19.4 Å². The van der Waals surface area contributed by atoms with Crippen molar-refractivity contribution in [3.05, 3.63) is 36.0 Å². The number of allylic oxidation sites excluding steroid dienone is 2. The molecule has 2 bridgehead atoms. The number of ether oxygens (including phenoxy) is 4. The van der Waals surface area contributed by atoms with Crippen LogP contribution in [-0.4, -0.2) is 121 Å². The maximum absolute atomic E-state index is 14.3. The molecule has 0 saturated carbocycles. The average molecular weight is 1020 g/mol. The van der Waals surface area contributed by atoms with E-state index in [9.17, 15) is 14.4 Å². The lowest BCUT2D eigenvalue weighted by atomic mass is 9.88. The van der Waals surface area contributed by atoms with Crippen LogP contribution in [0.1, 0.15) is 149 Å². The van der Waals surface area contributed by atoms with Crippen molar-refractivity contribution < 1.29 is 46.6 Å². The van der Waals surface area contributed by atoms with Crippen LogP contribution in [0.5, 0.6) is 0 Å². The molecule has 3 fully saturated rings. The highest BCUT2D eigenvalue weighted by Gasteiger charge is 2.51. The van der Waals surface area contributed by atoms with E-state index in [0.717, 1.165) is 85.8 Å². The Morgan fingerprint density at radius 3 is 2.06 bits per heavy atom. The van der Waals surface area contributed by atoms with Gasteiger partial charge in [0.2, 0.25) is 0 Å². The van der Waals surface area contributed by atoms with Gasteiger partial charge in [-0.2, -0.15) is 0 Å². The van der Waals surface area contributed by atoms with E-state index in [1.807, 2.05) is 43.9 Å². The van der Waals surface area contributed by atoms with E-state index < -0.39 is 66.5 Å². The zero-order valence-corrected chi connectivity index (χ0v) is 49.2. The first-order valence-electron chi connectivity index (χ1n) is 27.5. The molecule has 1 N–H and O–H groups in total. The Kier molecular flexibility index (Phi) is 22.6. The number of carbonyl (C=O) groups excluding carboxylic acids is 3. The summed E-state index contributed by atoms with van der Waals surface area (Å²) in [5, 5.41) is 3.46. The Bertz CT molecular complexity index is 1730. The number of hydrogen-bond acceptors (Lipinski definition) is 11. The number of fused-ring (bicyclic) bond motifs is 2. The molecule has 12 nitrogen and oxygen atoms in total. The molecular formula is C54H98N2O10Si3. The van der Waals surface area contributed by atoms with Gasteiger partial charge >= 0.3 is 18.0 Å². The SMILES string of the molecule is CC[C@H](O[Si](CC)(CC)CC)[C@@H](C)[C@H]1O[C@@H]1C[C@](C)(/C=C/C=C(\C)[C@H]1OC(=O)C[C@H](O[Si](CC)(CC)CC)CC[C@@](C)(OC(=O)N2CC3CC2CN3)[C@@H](OC(C)=O)/C=C\[C@@H]1C)O[Si](CC)(CC)CC. The topological polar surface area (TPSA) is 134 Å². The van der Waals surface area contributed by atoms with Gasteiger partial charge in [0.15, 0.2) is 36.7 Å². The van der Waals surface area contributed by atoms with Crippen LogP contribution in [0.15, 0.2) is 36.0 Å². The highest BCUT2D eigenvalue weighted by Crippen LogP contribution is 2.43. The van der Waals surface area contributed by atoms with Gasteiger partial charge in [-0.15, -0.1) is 0 Å². The fourth-order valence-electron chi connectivity index (χ4n) is 11.6. The monoisotopic (exact) mass is 1020 g/mol. The van der Waals surface area contributed by atoms with Crippen molar-refractivity contribution in [3.8, 4) is 0 Å². The predicted octanol–water partition coefficient (Wildman–Crippen LogP) is 12.4. The van der Waals surface area contributed by atoms with E-state index >= 15 is 0 Å². The first-order chi connectivity index (χ1) is 32.6. The number of epoxide rings is 1. The first-order valence-corrected chi connectivity index (χ1v) is 35.1. The summed E-state index contributed by atoms with van der Waals surface area (Å²) in [6.07, 6.45) is 11.4. The summed E-state index contributed by atoms with van der Waals surface area (Å²) < 4.78 is 47.1. The molecule has 0 radical (unpaired) electrons. The molecule has 0 aromatic rings. The molecule has 4 heterocycles. The molecule has 4 aliphatic heterocycles. The number of nitrogens with zero attached hydrogens (tertiary/aromatic N) is 1. The Balaban J connectivity index is 1.69. The van der Waals surface area contributed by atoms with Crippen LogP contribution in [0.3, 0.4) is 0 Å². The molecule has 0 aromatic carbocycles. The lowest BCUT2D eigenvalue weighted by Crippen LogP contribution is -2.52. The molecule has 12 atom stereocenters. The Labute approximate surface area is 422 Å². The number of carbonyl (C=O) groups is 3. The molecule has 396 valence electrons. The van der Waals surface area contributed by atoms with Gasteiger partial charge in [0, 0.05) is 56.5 Å². The molecule has 0 spiro atoms. The van der Waals surface area contributed by atoms with Gasteiger partial charge in [0.1, 0.15) is 6.10 Å². The van der Waals surface area contributed by atoms with E-state index in [4.69, 9.17) is 32.2 Å². The molecule has 0 aromatic heterocycles.